The van der Waals surface area contributed by atoms with Gasteiger partial charge in [-0.15, -0.1) is 0 Å². The van der Waals surface area contributed by atoms with Crippen LogP contribution in [0.2, 0.25) is 0 Å². The number of benzene rings is 1. The van der Waals surface area contributed by atoms with Gasteiger partial charge in [0.15, 0.2) is 0 Å². The Labute approximate surface area is 148 Å². The van der Waals surface area contributed by atoms with Crippen LogP contribution in [0.4, 0.5) is 5.69 Å². The van der Waals surface area contributed by atoms with Gasteiger partial charge in [0.05, 0.1) is 6.61 Å². The molecule has 1 aromatic carbocycles. The SMILES string of the molecule is COCCCOc1ccc(N2C(N)=NC(N)=NC23CCCCC3)cc1. The molecule has 1 saturated carbocycles. The summed E-state index contributed by atoms with van der Waals surface area (Å²) in [4.78, 5) is 10.9. The van der Waals surface area contributed by atoms with Crippen molar-refractivity contribution in [2.45, 2.75) is 44.2 Å². The molecule has 0 bridgehead atoms. The maximum Gasteiger partial charge on any atom is 0.220 e. The highest BCUT2D eigenvalue weighted by Crippen LogP contribution is 2.39. The standard InChI is InChI=1S/C18H27N5O2/c1-24-12-5-13-25-15-8-6-14(7-9-15)23-17(20)21-16(19)22-18(23)10-3-2-4-11-18/h6-9H,2-5,10-13H2,1H3,(H4,19,20,21,22). The van der Waals surface area contributed by atoms with Crippen LogP contribution in [0, 0.1) is 0 Å². The van der Waals surface area contributed by atoms with E-state index in [-0.39, 0.29) is 5.96 Å². The number of nitrogens with zero attached hydrogens (tertiary/aromatic N) is 3. The first-order valence-corrected chi connectivity index (χ1v) is 8.86. The lowest BCUT2D eigenvalue weighted by Gasteiger charge is -2.45. The van der Waals surface area contributed by atoms with Gasteiger partial charge in [-0.05, 0) is 49.9 Å². The predicted octanol–water partition coefficient (Wildman–Crippen LogP) is 2.21. The maximum atomic E-state index is 6.23. The van der Waals surface area contributed by atoms with E-state index < -0.39 is 5.66 Å². The van der Waals surface area contributed by atoms with E-state index in [0.717, 1.165) is 43.5 Å². The second kappa shape index (κ2) is 7.74. The molecule has 1 fully saturated rings. The summed E-state index contributed by atoms with van der Waals surface area (Å²) in [5.41, 5.74) is 12.7. The molecule has 2 aliphatic rings. The average Bonchev–Trinajstić information content (AvgIpc) is 2.60. The number of methoxy groups -OCH3 is 1. The minimum atomic E-state index is -0.408. The molecular weight excluding hydrogens is 318 g/mol. The zero-order chi connectivity index (χ0) is 17.7. The van der Waals surface area contributed by atoms with E-state index in [2.05, 4.69) is 9.98 Å². The zero-order valence-corrected chi connectivity index (χ0v) is 14.8. The van der Waals surface area contributed by atoms with Gasteiger partial charge in [0.2, 0.25) is 11.9 Å². The monoisotopic (exact) mass is 345 g/mol. The highest BCUT2D eigenvalue weighted by Gasteiger charge is 2.42. The molecule has 3 rings (SSSR count). The molecule has 7 heteroatoms. The third-order valence-corrected chi connectivity index (χ3v) is 4.71. The van der Waals surface area contributed by atoms with Crippen LogP contribution < -0.4 is 21.1 Å². The first-order chi connectivity index (χ1) is 12.1. The van der Waals surface area contributed by atoms with Gasteiger partial charge in [-0.25, -0.2) is 4.99 Å². The number of rotatable bonds is 6. The summed E-state index contributed by atoms with van der Waals surface area (Å²) in [7, 11) is 1.69. The highest BCUT2D eigenvalue weighted by atomic mass is 16.5. The van der Waals surface area contributed by atoms with Gasteiger partial charge in [0, 0.05) is 25.8 Å². The lowest BCUT2D eigenvalue weighted by atomic mass is 9.87. The molecule has 1 aliphatic carbocycles. The number of nitrogens with two attached hydrogens (primary N) is 2. The van der Waals surface area contributed by atoms with Crippen molar-refractivity contribution in [3.8, 4) is 5.75 Å². The Hall–Kier alpha value is -2.28. The zero-order valence-electron chi connectivity index (χ0n) is 14.8. The number of anilines is 1. The van der Waals surface area contributed by atoms with Crippen LogP contribution >= 0.6 is 0 Å². The predicted molar refractivity (Wildman–Crippen MR) is 100.0 cm³/mol. The van der Waals surface area contributed by atoms with Crippen LogP contribution in [0.3, 0.4) is 0 Å². The summed E-state index contributed by atoms with van der Waals surface area (Å²) in [6.07, 6.45) is 6.16. The number of hydrogen-bond donors (Lipinski definition) is 2. The molecule has 1 heterocycles. The Balaban J connectivity index is 1.77. The number of guanidine groups is 2. The van der Waals surface area contributed by atoms with E-state index in [1.807, 2.05) is 29.2 Å². The van der Waals surface area contributed by atoms with E-state index in [9.17, 15) is 0 Å². The van der Waals surface area contributed by atoms with Crippen LogP contribution in [0.1, 0.15) is 38.5 Å². The molecule has 0 atom stereocenters. The van der Waals surface area contributed by atoms with Crippen molar-refractivity contribution in [3.63, 3.8) is 0 Å². The summed E-state index contributed by atoms with van der Waals surface area (Å²) in [5, 5.41) is 0. The smallest absolute Gasteiger partial charge is 0.220 e. The molecule has 1 spiro atoms. The molecule has 136 valence electrons. The van der Waals surface area contributed by atoms with Gasteiger partial charge in [0.1, 0.15) is 11.4 Å². The van der Waals surface area contributed by atoms with Crippen molar-refractivity contribution >= 4 is 17.6 Å². The summed E-state index contributed by atoms with van der Waals surface area (Å²) >= 11 is 0. The Morgan fingerprint density at radius 2 is 1.80 bits per heavy atom. The third kappa shape index (κ3) is 3.87. The van der Waals surface area contributed by atoms with Crippen molar-refractivity contribution in [2.75, 3.05) is 25.2 Å². The molecule has 0 aromatic heterocycles. The molecule has 7 nitrogen and oxygen atoms in total. The first-order valence-electron chi connectivity index (χ1n) is 8.86. The molecule has 25 heavy (non-hydrogen) atoms. The molecule has 0 unspecified atom stereocenters. The molecule has 1 aromatic rings. The summed E-state index contributed by atoms with van der Waals surface area (Å²) in [5.74, 6) is 1.50. The average molecular weight is 345 g/mol. The van der Waals surface area contributed by atoms with E-state index in [1.165, 1.54) is 6.42 Å². The topological polar surface area (TPSA) is 98.5 Å². The molecule has 1 aliphatic heterocycles. The van der Waals surface area contributed by atoms with Crippen molar-refractivity contribution in [1.82, 2.24) is 0 Å². The fraction of sp³-hybridized carbons (Fsp3) is 0.556. The Morgan fingerprint density at radius 1 is 1.08 bits per heavy atom. The van der Waals surface area contributed by atoms with Crippen molar-refractivity contribution in [3.05, 3.63) is 24.3 Å². The van der Waals surface area contributed by atoms with Gasteiger partial charge < -0.3 is 20.9 Å². The third-order valence-electron chi connectivity index (χ3n) is 4.71. The van der Waals surface area contributed by atoms with Crippen LogP contribution in [-0.2, 0) is 4.74 Å². The summed E-state index contributed by atoms with van der Waals surface area (Å²) in [6.45, 7) is 1.33. The minimum absolute atomic E-state index is 0.272. The van der Waals surface area contributed by atoms with Gasteiger partial charge in [-0.2, -0.15) is 4.99 Å². The van der Waals surface area contributed by atoms with E-state index in [0.29, 0.717) is 19.2 Å². The van der Waals surface area contributed by atoms with Crippen LogP contribution in [0.15, 0.2) is 34.3 Å². The van der Waals surface area contributed by atoms with Gasteiger partial charge in [-0.1, -0.05) is 6.42 Å². The lowest BCUT2D eigenvalue weighted by Crippen LogP contribution is -2.58. The van der Waals surface area contributed by atoms with Crippen molar-refractivity contribution < 1.29 is 9.47 Å². The molecule has 0 amide bonds. The van der Waals surface area contributed by atoms with Crippen molar-refractivity contribution in [2.24, 2.45) is 21.5 Å². The molecule has 0 radical (unpaired) electrons. The van der Waals surface area contributed by atoms with E-state index >= 15 is 0 Å². The fourth-order valence-electron chi connectivity index (χ4n) is 3.58. The Bertz CT molecular complexity index is 635. The summed E-state index contributed by atoms with van der Waals surface area (Å²) in [6, 6.07) is 7.91. The second-order valence-corrected chi connectivity index (χ2v) is 6.51. The minimum Gasteiger partial charge on any atom is -0.494 e. The normalized spacial score (nSPS) is 19.5. The Kier molecular flexibility index (Phi) is 5.43. The molecule has 4 N–H and O–H groups in total. The number of ether oxygens (including phenoxy) is 2. The fourth-order valence-corrected chi connectivity index (χ4v) is 3.58. The van der Waals surface area contributed by atoms with Crippen LogP contribution in [0.5, 0.6) is 5.75 Å². The van der Waals surface area contributed by atoms with Crippen LogP contribution in [0.25, 0.3) is 0 Å². The maximum absolute atomic E-state index is 6.23. The number of hydrogen-bond acceptors (Lipinski definition) is 7. The van der Waals surface area contributed by atoms with E-state index in [4.69, 9.17) is 20.9 Å². The Morgan fingerprint density at radius 3 is 2.48 bits per heavy atom. The molecular formula is C18H27N5O2. The van der Waals surface area contributed by atoms with E-state index in [1.54, 1.807) is 7.11 Å². The quantitative estimate of drug-likeness (QED) is 0.770. The van der Waals surface area contributed by atoms with Crippen LogP contribution in [-0.4, -0.2) is 37.9 Å². The lowest BCUT2D eigenvalue weighted by molar-refractivity contribution is 0.172. The molecule has 0 saturated heterocycles. The largest absolute Gasteiger partial charge is 0.494 e. The summed E-state index contributed by atoms with van der Waals surface area (Å²) < 4.78 is 10.7. The second-order valence-electron chi connectivity index (χ2n) is 6.51. The highest BCUT2D eigenvalue weighted by molar-refractivity contribution is 6.05. The van der Waals surface area contributed by atoms with Gasteiger partial charge in [0.25, 0.3) is 0 Å². The van der Waals surface area contributed by atoms with Gasteiger partial charge in [-0.3, -0.25) is 4.90 Å². The van der Waals surface area contributed by atoms with Crippen molar-refractivity contribution in [1.29, 1.82) is 0 Å². The number of aliphatic imine (C=N–C) groups is 2. The first kappa shape index (κ1) is 17.5. The van der Waals surface area contributed by atoms with Gasteiger partial charge >= 0.3 is 0 Å².